The van der Waals surface area contributed by atoms with Crippen molar-refractivity contribution in [2.75, 3.05) is 26.3 Å². The van der Waals surface area contributed by atoms with Gasteiger partial charge in [0.25, 0.3) is 0 Å². The Kier molecular flexibility index (Phi) is 3.81. The van der Waals surface area contributed by atoms with E-state index in [2.05, 4.69) is 17.4 Å². The molecular weight excluding hydrogens is 226 g/mol. The molecule has 1 saturated heterocycles. The van der Waals surface area contributed by atoms with Crippen molar-refractivity contribution < 1.29 is 9.47 Å². The van der Waals surface area contributed by atoms with Gasteiger partial charge >= 0.3 is 0 Å². The molecule has 0 radical (unpaired) electrons. The van der Waals surface area contributed by atoms with Crippen molar-refractivity contribution in [2.24, 2.45) is 5.92 Å². The summed E-state index contributed by atoms with van der Waals surface area (Å²) < 4.78 is 11.6. The Labute approximate surface area is 108 Å². The average Bonchev–Trinajstić information content (AvgIpc) is 3.03. The minimum absolute atomic E-state index is 0.212. The highest BCUT2D eigenvalue weighted by Crippen LogP contribution is 2.28. The molecular formula is C15H21NO2. The van der Waals surface area contributed by atoms with Crippen LogP contribution in [0.3, 0.4) is 0 Å². The van der Waals surface area contributed by atoms with Crippen molar-refractivity contribution in [3.63, 3.8) is 0 Å². The minimum Gasteiger partial charge on any atom is -0.487 e. The quantitative estimate of drug-likeness (QED) is 0.807. The van der Waals surface area contributed by atoms with E-state index in [1.54, 1.807) is 0 Å². The summed E-state index contributed by atoms with van der Waals surface area (Å²) in [5.41, 5.74) is 1.31. The number of fused-ring (bicyclic) bond motifs is 1. The standard InChI is InChI=1S/C15H21NO2/c1-2-4-15-13(3-1)9-14(18-15)11-17-8-6-12-5-7-16-10-12/h1-4,12,14,16H,5-11H2. The summed E-state index contributed by atoms with van der Waals surface area (Å²) in [6.45, 7) is 3.91. The molecule has 0 amide bonds. The van der Waals surface area contributed by atoms with Gasteiger partial charge in [0.2, 0.25) is 0 Å². The third kappa shape index (κ3) is 2.85. The molecule has 2 heterocycles. The van der Waals surface area contributed by atoms with Gasteiger partial charge in [-0.25, -0.2) is 0 Å². The molecule has 0 spiro atoms. The maximum atomic E-state index is 5.84. The van der Waals surface area contributed by atoms with Crippen LogP contribution in [-0.2, 0) is 11.2 Å². The van der Waals surface area contributed by atoms with Gasteiger partial charge in [-0.3, -0.25) is 0 Å². The van der Waals surface area contributed by atoms with Crippen LogP contribution in [0.25, 0.3) is 0 Å². The van der Waals surface area contributed by atoms with Crippen LogP contribution < -0.4 is 10.1 Å². The number of hydrogen-bond acceptors (Lipinski definition) is 3. The third-order valence-corrected chi connectivity index (χ3v) is 3.85. The Balaban J connectivity index is 1.35. The number of hydrogen-bond donors (Lipinski definition) is 1. The summed E-state index contributed by atoms with van der Waals surface area (Å²) in [6, 6.07) is 8.27. The molecule has 1 fully saturated rings. The van der Waals surface area contributed by atoms with E-state index in [-0.39, 0.29) is 6.10 Å². The molecule has 98 valence electrons. The van der Waals surface area contributed by atoms with E-state index < -0.39 is 0 Å². The largest absolute Gasteiger partial charge is 0.487 e. The SMILES string of the molecule is c1ccc2c(c1)CC(COCCC1CCNC1)O2. The first-order valence-electron chi connectivity index (χ1n) is 6.95. The lowest BCUT2D eigenvalue weighted by atomic mass is 10.1. The zero-order valence-corrected chi connectivity index (χ0v) is 10.7. The fraction of sp³-hybridized carbons (Fsp3) is 0.600. The lowest BCUT2D eigenvalue weighted by Gasteiger charge is -2.13. The summed E-state index contributed by atoms with van der Waals surface area (Å²) >= 11 is 0. The zero-order valence-electron chi connectivity index (χ0n) is 10.7. The van der Waals surface area contributed by atoms with Gasteiger partial charge in [-0.05, 0) is 43.5 Å². The highest BCUT2D eigenvalue weighted by atomic mass is 16.5. The first kappa shape index (κ1) is 12.0. The zero-order chi connectivity index (χ0) is 12.2. The Bertz CT molecular complexity index is 363. The molecule has 1 aromatic carbocycles. The highest BCUT2D eigenvalue weighted by molar-refractivity contribution is 5.37. The van der Waals surface area contributed by atoms with Crippen molar-refractivity contribution in [3.05, 3.63) is 29.8 Å². The van der Waals surface area contributed by atoms with E-state index in [4.69, 9.17) is 9.47 Å². The average molecular weight is 247 g/mol. The van der Waals surface area contributed by atoms with E-state index in [1.807, 2.05) is 12.1 Å². The van der Waals surface area contributed by atoms with Crippen LogP contribution in [0.4, 0.5) is 0 Å². The first-order chi connectivity index (χ1) is 8.92. The number of benzene rings is 1. The van der Waals surface area contributed by atoms with Gasteiger partial charge in [-0.2, -0.15) is 0 Å². The molecule has 2 atom stereocenters. The fourth-order valence-electron chi connectivity index (χ4n) is 2.77. The van der Waals surface area contributed by atoms with Crippen molar-refractivity contribution >= 4 is 0 Å². The predicted molar refractivity (Wildman–Crippen MR) is 71.0 cm³/mol. The summed E-state index contributed by atoms with van der Waals surface area (Å²) in [5, 5.41) is 3.39. The number of rotatable bonds is 5. The molecule has 0 aromatic heterocycles. The molecule has 3 rings (SSSR count). The number of para-hydroxylation sites is 1. The monoisotopic (exact) mass is 247 g/mol. The molecule has 0 bridgehead atoms. The van der Waals surface area contributed by atoms with E-state index in [9.17, 15) is 0 Å². The van der Waals surface area contributed by atoms with E-state index >= 15 is 0 Å². The van der Waals surface area contributed by atoms with Gasteiger partial charge < -0.3 is 14.8 Å². The van der Waals surface area contributed by atoms with Gasteiger partial charge in [0, 0.05) is 13.0 Å². The smallest absolute Gasteiger partial charge is 0.126 e. The molecule has 2 unspecified atom stereocenters. The molecule has 2 aliphatic rings. The number of ether oxygens (including phenoxy) is 2. The minimum atomic E-state index is 0.212. The van der Waals surface area contributed by atoms with E-state index in [1.165, 1.54) is 24.9 Å². The van der Waals surface area contributed by atoms with Crippen molar-refractivity contribution in [1.29, 1.82) is 0 Å². The van der Waals surface area contributed by atoms with Gasteiger partial charge in [0.05, 0.1) is 6.61 Å². The lowest BCUT2D eigenvalue weighted by molar-refractivity contribution is 0.0545. The van der Waals surface area contributed by atoms with Crippen molar-refractivity contribution in [1.82, 2.24) is 5.32 Å². The Hall–Kier alpha value is -1.06. The highest BCUT2D eigenvalue weighted by Gasteiger charge is 2.22. The normalized spacial score (nSPS) is 26.0. The second kappa shape index (κ2) is 5.72. The number of nitrogens with one attached hydrogen (secondary N) is 1. The third-order valence-electron chi connectivity index (χ3n) is 3.85. The van der Waals surface area contributed by atoms with Gasteiger partial charge in [-0.1, -0.05) is 18.2 Å². The van der Waals surface area contributed by atoms with Crippen LogP contribution in [0.1, 0.15) is 18.4 Å². The molecule has 18 heavy (non-hydrogen) atoms. The van der Waals surface area contributed by atoms with E-state index in [0.29, 0.717) is 0 Å². The van der Waals surface area contributed by atoms with Crippen molar-refractivity contribution in [2.45, 2.75) is 25.4 Å². The topological polar surface area (TPSA) is 30.5 Å². The lowest BCUT2D eigenvalue weighted by Crippen LogP contribution is -2.21. The van der Waals surface area contributed by atoms with Crippen molar-refractivity contribution in [3.8, 4) is 5.75 Å². The fourth-order valence-corrected chi connectivity index (χ4v) is 2.77. The summed E-state index contributed by atoms with van der Waals surface area (Å²) in [4.78, 5) is 0. The molecule has 3 nitrogen and oxygen atoms in total. The molecule has 1 N–H and O–H groups in total. The Morgan fingerprint density at radius 3 is 3.11 bits per heavy atom. The van der Waals surface area contributed by atoms with Gasteiger partial charge in [0.1, 0.15) is 11.9 Å². The maximum Gasteiger partial charge on any atom is 0.126 e. The second-order valence-corrected chi connectivity index (χ2v) is 5.27. The summed E-state index contributed by atoms with van der Waals surface area (Å²) in [5.74, 6) is 1.85. The van der Waals surface area contributed by atoms with E-state index in [0.717, 1.165) is 37.8 Å². The van der Waals surface area contributed by atoms with Crippen LogP contribution in [0, 0.1) is 5.92 Å². The van der Waals surface area contributed by atoms with Gasteiger partial charge in [-0.15, -0.1) is 0 Å². The summed E-state index contributed by atoms with van der Waals surface area (Å²) in [7, 11) is 0. The van der Waals surface area contributed by atoms with Crippen LogP contribution in [-0.4, -0.2) is 32.4 Å². The van der Waals surface area contributed by atoms with Crippen LogP contribution >= 0.6 is 0 Å². The first-order valence-corrected chi connectivity index (χ1v) is 6.95. The maximum absolute atomic E-state index is 5.84. The molecule has 2 aliphatic heterocycles. The molecule has 0 aliphatic carbocycles. The van der Waals surface area contributed by atoms with Crippen LogP contribution in [0.2, 0.25) is 0 Å². The molecule has 0 saturated carbocycles. The van der Waals surface area contributed by atoms with Crippen LogP contribution in [0.15, 0.2) is 24.3 Å². The second-order valence-electron chi connectivity index (χ2n) is 5.27. The van der Waals surface area contributed by atoms with Gasteiger partial charge in [0.15, 0.2) is 0 Å². The van der Waals surface area contributed by atoms with Crippen LogP contribution in [0.5, 0.6) is 5.75 Å². The Morgan fingerprint density at radius 2 is 2.28 bits per heavy atom. The Morgan fingerprint density at radius 1 is 1.33 bits per heavy atom. The molecule has 3 heteroatoms. The predicted octanol–water partition coefficient (Wildman–Crippen LogP) is 2.01. The summed E-state index contributed by atoms with van der Waals surface area (Å²) in [6.07, 6.45) is 3.67. The molecule has 1 aromatic rings.